The zero-order chi connectivity index (χ0) is 22.4. The van der Waals surface area contributed by atoms with E-state index in [1.165, 1.54) is 7.11 Å². The predicted molar refractivity (Wildman–Crippen MR) is 127 cm³/mol. The van der Waals surface area contributed by atoms with Gasteiger partial charge in [0.15, 0.2) is 0 Å². The zero-order valence-electron chi connectivity index (χ0n) is 16.5. The van der Waals surface area contributed by atoms with E-state index < -0.39 is 12.0 Å². The van der Waals surface area contributed by atoms with Crippen molar-refractivity contribution in [3.8, 4) is 0 Å². The second-order valence-electron chi connectivity index (χ2n) is 6.58. The second kappa shape index (κ2) is 10.8. The number of carbonyl (C=O) groups is 2. The highest BCUT2D eigenvalue weighted by Gasteiger charge is 2.22. The number of hydrogen-bond acceptors (Lipinski definition) is 4. The Morgan fingerprint density at radius 1 is 0.968 bits per heavy atom. The molecule has 0 aliphatic rings. The molecule has 0 bridgehead atoms. The third-order valence-electron chi connectivity index (χ3n) is 4.59. The zero-order valence-corrected chi connectivity index (χ0v) is 19.6. The quantitative estimate of drug-likeness (QED) is 0.382. The number of anilines is 1. The molecule has 3 aromatic carbocycles. The van der Waals surface area contributed by atoms with E-state index in [1.807, 2.05) is 30.3 Å². The van der Waals surface area contributed by atoms with E-state index in [-0.39, 0.29) is 12.5 Å². The van der Waals surface area contributed by atoms with Crippen LogP contribution < -0.4 is 10.6 Å². The van der Waals surface area contributed by atoms with E-state index in [0.29, 0.717) is 26.9 Å². The Labute approximate surface area is 198 Å². The van der Waals surface area contributed by atoms with E-state index in [2.05, 4.69) is 26.6 Å². The molecule has 0 aromatic heterocycles. The Balaban J connectivity index is 2.03. The molecule has 31 heavy (non-hydrogen) atoms. The molecule has 0 radical (unpaired) electrons. The summed E-state index contributed by atoms with van der Waals surface area (Å²) < 4.78 is 5.57. The van der Waals surface area contributed by atoms with Gasteiger partial charge in [-0.25, -0.2) is 0 Å². The summed E-state index contributed by atoms with van der Waals surface area (Å²) in [4.78, 5) is 24.7. The summed E-state index contributed by atoms with van der Waals surface area (Å²) in [5.41, 5.74) is 2.37. The lowest BCUT2D eigenvalue weighted by Crippen LogP contribution is -2.30. The average Bonchev–Trinajstić information content (AvgIpc) is 2.76. The summed E-state index contributed by atoms with van der Waals surface area (Å²) in [6.07, 6.45) is 0. The van der Waals surface area contributed by atoms with Crippen LogP contribution in [0, 0.1) is 0 Å². The molecule has 0 fully saturated rings. The van der Waals surface area contributed by atoms with E-state index in [4.69, 9.17) is 27.9 Å². The summed E-state index contributed by atoms with van der Waals surface area (Å²) in [5.74, 6) is -0.770. The number of hydrogen-bond donors (Lipinski definition) is 2. The van der Waals surface area contributed by atoms with Gasteiger partial charge in [-0.05, 0) is 47.5 Å². The molecular formula is C23H19BrCl2N2O3. The third kappa shape index (κ3) is 5.86. The first kappa shape index (κ1) is 23.3. The van der Waals surface area contributed by atoms with Crippen molar-refractivity contribution in [2.45, 2.75) is 6.04 Å². The van der Waals surface area contributed by atoms with Crippen molar-refractivity contribution in [3.05, 3.63) is 97.9 Å². The number of halogens is 3. The van der Waals surface area contributed by atoms with E-state index in [0.717, 1.165) is 10.0 Å². The monoisotopic (exact) mass is 520 g/mol. The van der Waals surface area contributed by atoms with Crippen molar-refractivity contribution in [2.24, 2.45) is 0 Å². The normalized spacial score (nSPS) is 11.6. The van der Waals surface area contributed by atoms with Crippen LogP contribution in [0.2, 0.25) is 10.0 Å². The van der Waals surface area contributed by atoms with E-state index >= 15 is 0 Å². The topological polar surface area (TPSA) is 67.4 Å². The van der Waals surface area contributed by atoms with Gasteiger partial charge in [0, 0.05) is 15.2 Å². The SMILES string of the molecule is COC(=O)CNC(c1ccccc1Cl)c1cc(Br)ccc1NC(=O)c1ccccc1Cl. The number of amides is 1. The van der Waals surface area contributed by atoms with Crippen LogP contribution in [0.1, 0.15) is 27.5 Å². The molecule has 0 spiro atoms. The van der Waals surface area contributed by atoms with Crippen molar-refractivity contribution in [1.82, 2.24) is 5.32 Å². The summed E-state index contributed by atoms with van der Waals surface area (Å²) in [6.45, 7) is -0.0448. The van der Waals surface area contributed by atoms with Crippen molar-refractivity contribution in [3.63, 3.8) is 0 Å². The maximum absolute atomic E-state index is 12.9. The van der Waals surface area contributed by atoms with Crippen LogP contribution in [0.5, 0.6) is 0 Å². The molecule has 3 aromatic rings. The lowest BCUT2D eigenvalue weighted by atomic mass is 9.96. The minimum Gasteiger partial charge on any atom is -0.468 e. The van der Waals surface area contributed by atoms with Gasteiger partial charge in [-0.3, -0.25) is 14.9 Å². The minimum absolute atomic E-state index is 0.0448. The highest BCUT2D eigenvalue weighted by atomic mass is 79.9. The Morgan fingerprint density at radius 3 is 2.32 bits per heavy atom. The first-order valence-electron chi connectivity index (χ1n) is 9.30. The number of methoxy groups -OCH3 is 1. The van der Waals surface area contributed by atoms with E-state index in [9.17, 15) is 9.59 Å². The standard InChI is InChI=1S/C23H19BrCl2N2O3/c1-31-21(29)13-27-22(15-6-2-4-8-18(15)25)17-12-14(24)10-11-20(17)28-23(30)16-7-3-5-9-19(16)26/h2-12,22,27H,13H2,1H3,(H,28,30). The number of benzene rings is 3. The first-order valence-corrected chi connectivity index (χ1v) is 10.9. The Kier molecular flexibility index (Phi) is 8.09. The van der Waals surface area contributed by atoms with Crippen LogP contribution in [0.3, 0.4) is 0 Å². The minimum atomic E-state index is -0.494. The summed E-state index contributed by atoms with van der Waals surface area (Å²) in [5, 5.41) is 6.97. The molecule has 1 unspecified atom stereocenters. The highest BCUT2D eigenvalue weighted by molar-refractivity contribution is 9.10. The molecule has 0 aliphatic heterocycles. The molecule has 2 N–H and O–H groups in total. The number of ether oxygens (including phenoxy) is 1. The van der Waals surface area contributed by atoms with Gasteiger partial charge in [0.05, 0.1) is 30.3 Å². The van der Waals surface area contributed by atoms with Gasteiger partial charge >= 0.3 is 5.97 Å². The third-order valence-corrected chi connectivity index (χ3v) is 5.75. The molecule has 0 saturated carbocycles. The van der Waals surface area contributed by atoms with Crippen LogP contribution in [0.15, 0.2) is 71.2 Å². The Hall–Kier alpha value is -2.38. The second-order valence-corrected chi connectivity index (χ2v) is 8.31. The lowest BCUT2D eigenvalue weighted by Gasteiger charge is -2.24. The molecule has 3 rings (SSSR count). The molecule has 0 heterocycles. The fraction of sp³-hybridized carbons (Fsp3) is 0.130. The average molecular weight is 522 g/mol. The molecule has 0 aliphatic carbocycles. The smallest absolute Gasteiger partial charge is 0.319 e. The van der Waals surface area contributed by atoms with Gasteiger partial charge < -0.3 is 10.1 Å². The van der Waals surface area contributed by atoms with Crippen LogP contribution in [-0.4, -0.2) is 25.5 Å². The lowest BCUT2D eigenvalue weighted by molar-refractivity contribution is -0.139. The van der Waals surface area contributed by atoms with E-state index in [1.54, 1.807) is 36.4 Å². The number of esters is 1. The molecule has 8 heteroatoms. The van der Waals surface area contributed by atoms with Crippen LogP contribution in [-0.2, 0) is 9.53 Å². The fourth-order valence-corrected chi connectivity index (χ4v) is 3.92. The van der Waals surface area contributed by atoms with Crippen molar-refractivity contribution in [2.75, 3.05) is 19.0 Å². The van der Waals surface area contributed by atoms with Crippen molar-refractivity contribution < 1.29 is 14.3 Å². The van der Waals surface area contributed by atoms with Gasteiger partial charge in [-0.2, -0.15) is 0 Å². The maximum atomic E-state index is 12.9. The van der Waals surface area contributed by atoms with Gasteiger partial charge in [0.1, 0.15) is 0 Å². The molecule has 1 amide bonds. The fourth-order valence-electron chi connectivity index (χ4n) is 3.08. The highest BCUT2D eigenvalue weighted by Crippen LogP contribution is 2.34. The number of nitrogens with one attached hydrogen (secondary N) is 2. The molecule has 160 valence electrons. The number of carbonyl (C=O) groups excluding carboxylic acids is 2. The van der Waals surface area contributed by atoms with Gasteiger partial charge in [-0.1, -0.05) is 69.5 Å². The summed E-state index contributed by atoms with van der Waals surface area (Å²) in [7, 11) is 1.32. The van der Waals surface area contributed by atoms with Gasteiger partial charge in [-0.15, -0.1) is 0 Å². The van der Waals surface area contributed by atoms with Gasteiger partial charge in [0.25, 0.3) is 5.91 Å². The maximum Gasteiger partial charge on any atom is 0.319 e. The molecule has 1 atom stereocenters. The van der Waals surface area contributed by atoms with Crippen LogP contribution >= 0.6 is 39.1 Å². The van der Waals surface area contributed by atoms with Crippen LogP contribution in [0.25, 0.3) is 0 Å². The number of rotatable bonds is 7. The largest absolute Gasteiger partial charge is 0.468 e. The Morgan fingerprint density at radius 2 is 1.65 bits per heavy atom. The van der Waals surface area contributed by atoms with Crippen LogP contribution in [0.4, 0.5) is 5.69 Å². The summed E-state index contributed by atoms with van der Waals surface area (Å²) >= 11 is 16.1. The first-order chi connectivity index (χ1) is 14.9. The molecule has 5 nitrogen and oxygen atoms in total. The Bertz CT molecular complexity index is 1110. The van der Waals surface area contributed by atoms with Gasteiger partial charge in [0.2, 0.25) is 0 Å². The summed E-state index contributed by atoms with van der Waals surface area (Å²) in [6, 6.07) is 19.1. The van der Waals surface area contributed by atoms with Crippen molar-refractivity contribution in [1.29, 1.82) is 0 Å². The predicted octanol–water partition coefficient (Wildman–Crippen LogP) is 5.86. The van der Waals surface area contributed by atoms with Crippen molar-refractivity contribution >= 4 is 56.7 Å². The molecule has 0 saturated heterocycles. The molecular weight excluding hydrogens is 503 g/mol.